The summed E-state index contributed by atoms with van der Waals surface area (Å²) in [6.07, 6.45) is 1.74. The Balaban J connectivity index is 2.21. The van der Waals surface area contributed by atoms with Crippen LogP contribution in [0.1, 0.15) is 40.7 Å². The van der Waals surface area contributed by atoms with Gasteiger partial charge in [0, 0.05) is 0 Å². The van der Waals surface area contributed by atoms with Gasteiger partial charge in [0.05, 0.1) is 17.5 Å². The van der Waals surface area contributed by atoms with E-state index in [1.807, 2.05) is 13.8 Å². The van der Waals surface area contributed by atoms with Crippen LogP contribution in [0.4, 0.5) is 5.69 Å². The topological polar surface area (TPSA) is 37.4 Å². The number of imide groups is 1. The first kappa shape index (κ1) is 13.3. The van der Waals surface area contributed by atoms with Crippen molar-refractivity contribution in [3.05, 3.63) is 27.8 Å². The Labute approximate surface area is 120 Å². The Kier molecular flexibility index (Phi) is 2.79. The minimum atomic E-state index is -0.0526. The van der Waals surface area contributed by atoms with E-state index in [0.29, 0.717) is 0 Å². The number of nitrogens with zero attached hydrogens (tertiary/aromatic N) is 1. The molecule has 106 valence electrons. The Morgan fingerprint density at radius 3 is 1.40 bits per heavy atom. The van der Waals surface area contributed by atoms with Crippen molar-refractivity contribution in [3.63, 3.8) is 0 Å². The van der Waals surface area contributed by atoms with Gasteiger partial charge in [0.25, 0.3) is 0 Å². The van der Waals surface area contributed by atoms with Crippen molar-refractivity contribution in [1.29, 1.82) is 0 Å². The number of anilines is 1. The SMILES string of the molecule is Cc1c(C)c(C)c(N2C(=O)C3CCC3C2=O)c(C)c1C. The molecule has 2 fully saturated rings. The summed E-state index contributed by atoms with van der Waals surface area (Å²) in [6.45, 7) is 10.3. The molecular weight excluding hydrogens is 250 g/mol. The fraction of sp³-hybridized carbons (Fsp3) is 0.529. The molecule has 1 heterocycles. The van der Waals surface area contributed by atoms with Crippen molar-refractivity contribution in [2.45, 2.75) is 47.5 Å². The van der Waals surface area contributed by atoms with Gasteiger partial charge >= 0.3 is 0 Å². The van der Waals surface area contributed by atoms with Gasteiger partial charge in [-0.05, 0) is 75.3 Å². The summed E-state index contributed by atoms with van der Waals surface area (Å²) in [6, 6.07) is 0. The predicted octanol–water partition coefficient (Wildman–Crippen LogP) is 3.13. The van der Waals surface area contributed by atoms with Gasteiger partial charge in [-0.25, -0.2) is 4.90 Å². The van der Waals surface area contributed by atoms with Crippen LogP contribution in [0.2, 0.25) is 0 Å². The zero-order chi connectivity index (χ0) is 14.8. The van der Waals surface area contributed by atoms with E-state index in [1.54, 1.807) is 0 Å². The molecular formula is C17H21NO2. The van der Waals surface area contributed by atoms with Crippen LogP contribution >= 0.6 is 0 Å². The fourth-order valence-corrected chi connectivity index (χ4v) is 3.57. The van der Waals surface area contributed by atoms with E-state index in [4.69, 9.17) is 0 Å². The molecule has 3 rings (SSSR count). The first-order chi connectivity index (χ1) is 9.36. The number of carbonyl (C=O) groups is 2. The third-order valence-electron chi connectivity index (χ3n) is 5.53. The lowest BCUT2D eigenvalue weighted by molar-refractivity contribution is -0.123. The molecule has 2 atom stereocenters. The largest absolute Gasteiger partial charge is 0.274 e. The molecule has 0 spiro atoms. The molecule has 3 heteroatoms. The van der Waals surface area contributed by atoms with Crippen LogP contribution in [0.3, 0.4) is 0 Å². The third kappa shape index (κ3) is 1.46. The van der Waals surface area contributed by atoms with Gasteiger partial charge in [0.15, 0.2) is 0 Å². The number of amides is 2. The first-order valence-electron chi connectivity index (χ1n) is 7.31. The Bertz CT molecular complexity index is 594. The van der Waals surface area contributed by atoms with Crippen LogP contribution in [-0.2, 0) is 9.59 Å². The zero-order valence-electron chi connectivity index (χ0n) is 12.8. The summed E-state index contributed by atoms with van der Waals surface area (Å²) in [5.41, 5.74) is 6.59. The molecule has 0 N–H and O–H groups in total. The maximum atomic E-state index is 12.5. The number of hydrogen-bond acceptors (Lipinski definition) is 2. The van der Waals surface area contributed by atoms with Crippen molar-refractivity contribution in [3.8, 4) is 0 Å². The lowest BCUT2D eigenvalue weighted by Gasteiger charge is -2.24. The van der Waals surface area contributed by atoms with Gasteiger partial charge < -0.3 is 0 Å². The highest BCUT2D eigenvalue weighted by Gasteiger charge is 2.53. The second-order valence-corrected chi connectivity index (χ2v) is 6.28. The zero-order valence-corrected chi connectivity index (χ0v) is 12.8. The summed E-state index contributed by atoms with van der Waals surface area (Å²) in [7, 11) is 0. The fourth-order valence-electron chi connectivity index (χ4n) is 3.57. The standard InChI is InChI=1S/C17H21NO2/c1-8-9(2)11(4)15(12(5)10(8)3)18-16(19)13-6-7-14(13)17(18)20/h13-14H,6-7H2,1-5H3. The minimum absolute atomic E-state index is 0.0140. The van der Waals surface area contributed by atoms with Crippen LogP contribution < -0.4 is 4.90 Å². The minimum Gasteiger partial charge on any atom is -0.274 e. The number of benzene rings is 1. The van der Waals surface area contributed by atoms with E-state index in [0.717, 1.165) is 29.7 Å². The molecule has 1 aromatic carbocycles. The first-order valence-corrected chi connectivity index (χ1v) is 7.31. The molecule has 1 aromatic rings. The van der Waals surface area contributed by atoms with Crippen molar-refractivity contribution < 1.29 is 9.59 Å². The number of rotatable bonds is 1. The molecule has 1 aliphatic carbocycles. The maximum Gasteiger partial charge on any atom is 0.237 e. The molecule has 0 bridgehead atoms. The molecule has 20 heavy (non-hydrogen) atoms. The molecule has 2 amide bonds. The van der Waals surface area contributed by atoms with Gasteiger partial charge in [-0.2, -0.15) is 0 Å². The van der Waals surface area contributed by atoms with Crippen LogP contribution in [0.15, 0.2) is 0 Å². The van der Waals surface area contributed by atoms with Gasteiger partial charge in [-0.1, -0.05) is 0 Å². The van der Waals surface area contributed by atoms with E-state index in [9.17, 15) is 9.59 Å². The van der Waals surface area contributed by atoms with Crippen molar-refractivity contribution >= 4 is 17.5 Å². The molecule has 3 nitrogen and oxygen atoms in total. The average molecular weight is 271 g/mol. The van der Waals surface area contributed by atoms with Crippen LogP contribution in [0, 0.1) is 46.5 Å². The summed E-state index contributed by atoms with van der Waals surface area (Å²) in [5.74, 6) is -0.0772. The number of hydrogen-bond donors (Lipinski definition) is 0. The van der Waals surface area contributed by atoms with Gasteiger partial charge in [0.1, 0.15) is 0 Å². The molecule has 0 aromatic heterocycles. The average Bonchev–Trinajstić information content (AvgIpc) is 2.52. The highest BCUT2D eigenvalue weighted by Crippen LogP contribution is 2.46. The Morgan fingerprint density at radius 1 is 0.700 bits per heavy atom. The van der Waals surface area contributed by atoms with Crippen molar-refractivity contribution in [2.75, 3.05) is 4.90 Å². The van der Waals surface area contributed by atoms with Crippen LogP contribution in [-0.4, -0.2) is 11.8 Å². The quantitative estimate of drug-likeness (QED) is 0.736. The maximum absolute atomic E-state index is 12.5. The third-order valence-corrected chi connectivity index (χ3v) is 5.53. The number of fused-ring (bicyclic) bond motifs is 1. The lowest BCUT2D eigenvalue weighted by atomic mass is 9.76. The van der Waals surface area contributed by atoms with E-state index in [2.05, 4.69) is 20.8 Å². The van der Waals surface area contributed by atoms with Crippen molar-refractivity contribution in [2.24, 2.45) is 11.8 Å². The highest BCUT2D eigenvalue weighted by molar-refractivity contribution is 6.23. The number of carbonyl (C=O) groups excluding carboxylic acids is 2. The monoisotopic (exact) mass is 271 g/mol. The summed E-state index contributed by atoms with van der Waals surface area (Å²) in [4.78, 5) is 26.5. The molecule has 2 aliphatic rings. The lowest BCUT2D eigenvalue weighted by Crippen LogP contribution is -2.32. The Morgan fingerprint density at radius 2 is 1.05 bits per heavy atom. The molecule has 0 radical (unpaired) electrons. The van der Waals surface area contributed by atoms with Gasteiger partial charge in [-0.3, -0.25) is 9.59 Å². The van der Waals surface area contributed by atoms with E-state index in [1.165, 1.54) is 21.6 Å². The summed E-state index contributed by atoms with van der Waals surface area (Å²) >= 11 is 0. The predicted molar refractivity (Wildman–Crippen MR) is 78.8 cm³/mol. The molecule has 1 saturated carbocycles. The van der Waals surface area contributed by atoms with Crippen molar-refractivity contribution in [1.82, 2.24) is 0 Å². The second kappa shape index (κ2) is 4.18. The van der Waals surface area contributed by atoms with Crippen LogP contribution in [0.5, 0.6) is 0 Å². The smallest absolute Gasteiger partial charge is 0.237 e. The molecule has 1 aliphatic heterocycles. The van der Waals surface area contributed by atoms with Gasteiger partial charge in [-0.15, -0.1) is 0 Å². The Hall–Kier alpha value is -1.64. The summed E-state index contributed by atoms with van der Waals surface area (Å²) in [5, 5.41) is 0. The highest BCUT2D eigenvalue weighted by atomic mass is 16.2. The van der Waals surface area contributed by atoms with E-state index in [-0.39, 0.29) is 23.7 Å². The molecule has 1 saturated heterocycles. The molecule has 2 unspecified atom stereocenters. The second-order valence-electron chi connectivity index (χ2n) is 6.28. The normalized spacial score (nSPS) is 24.9. The summed E-state index contributed by atoms with van der Waals surface area (Å²) < 4.78 is 0. The van der Waals surface area contributed by atoms with Crippen LogP contribution in [0.25, 0.3) is 0 Å². The van der Waals surface area contributed by atoms with E-state index < -0.39 is 0 Å². The van der Waals surface area contributed by atoms with E-state index >= 15 is 0 Å². The van der Waals surface area contributed by atoms with Gasteiger partial charge in [0.2, 0.25) is 11.8 Å².